The van der Waals surface area contributed by atoms with E-state index in [1.807, 2.05) is 0 Å². The number of amides is 1. The van der Waals surface area contributed by atoms with E-state index in [9.17, 15) is 28.0 Å². The molecule has 0 aliphatic rings. The zero-order valence-electron chi connectivity index (χ0n) is 20.9. The van der Waals surface area contributed by atoms with Crippen molar-refractivity contribution in [1.82, 2.24) is 5.32 Å². The van der Waals surface area contributed by atoms with E-state index in [-0.39, 0.29) is 6.42 Å². The summed E-state index contributed by atoms with van der Waals surface area (Å²) in [5.41, 5.74) is 0. The standard InChI is InChI=1S/C25H49NO6S/c1-3-5-7-9-11-12-14-16-18-20-24(28)25(29)26-22(21-33(30,31)32)23(27)19-17-15-13-10-8-6-4-2/h17,19,22-24,27-28H,3-16,18,20-21H2,1-2H3,(H,26,29)(H,30,31,32)/b19-17+. The van der Waals surface area contributed by atoms with Gasteiger partial charge in [-0.2, -0.15) is 8.42 Å². The van der Waals surface area contributed by atoms with E-state index in [0.29, 0.717) is 6.42 Å². The van der Waals surface area contributed by atoms with Crippen molar-refractivity contribution >= 4 is 16.0 Å². The average Bonchev–Trinajstić information content (AvgIpc) is 2.75. The van der Waals surface area contributed by atoms with Crippen LogP contribution in [0.15, 0.2) is 12.2 Å². The molecule has 1 amide bonds. The number of aliphatic hydroxyl groups is 2. The van der Waals surface area contributed by atoms with E-state index < -0.39 is 40.0 Å². The van der Waals surface area contributed by atoms with Crippen molar-refractivity contribution in [3.63, 3.8) is 0 Å². The predicted molar refractivity (Wildman–Crippen MR) is 135 cm³/mol. The van der Waals surface area contributed by atoms with Crippen LogP contribution >= 0.6 is 0 Å². The maximum atomic E-state index is 12.3. The number of carbonyl (C=O) groups is 1. The van der Waals surface area contributed by atoms with Crippen LogP contribution in [-0.2, 0) is 14.9 Å². The molecule has 7 nitrogen and oxygen atoms in total. The Kier molecular flexibility index (Phi) is 19.8. The molecule has 0 aliphatic carbocycles. The number of rotatable bonds is 22. The summed E-state index contributed by atoms with van der Waals surface area (Å²) in [5, 5.41) is 22.9. The average molecular weight is 492 g/mol. The van der Waals surface area contributed by atoms with Gasteiger partial charge in [0.15, 0.2) is 0 Å². The number of allylic oxidation sites excluding steroid dienone is 1. The molecule has 0 heterocycles. The summed E-state index contributed by atoms with van der Waals surface area (Å²) in [4.78, 5) is 12.3. The molecule has 0 aromatic carbocycles. The minimum atomic E-state index is -4.41. The lowest BCUT2D eigenvalue weighted by Crippen LogP contribution is -2.50. The highest BCUT2D eigenvalue weighted by molar-refractivity contribution is 7.85. The highest BCUT2D eigenvalue weighted by Gasteiger charge is 2.27. The van der Waals surface area contributed by atoms with Gasteiger partial charge < -0.3 is 15.5 Å². The fourth-order valence-electron chi connectivity index (χ4n) is 3.75. The molecule has 0 aromatic rings. The molecule has 0 spiro atoms. The highest BCUT2D eigenvalue weighted by Crippen LogP contribution is 2.12. The molecule has 0 saturated heterocycles. The van der Waals surface area contributed by atoms with Gasteiger partial charge in [0.05, 0.1) is 17.9 Å². The second-order valence-electron chi connectivity index (χ2n) is 9.12. The molecule has 0 aromatic heterocycles. The molecule has 0 fully saturated rings. The van der Waals surface area contributed by atoms with Crippen molar-refractivity contribution < 1.29 is 28.0 Å². The van der Waals surface area contributed by atoms with E-state index in [1.54, 1.807) is 6.08 Å². The van der Waals surface area contributed by atoms with Crippen molar-refractivity contribution in [2.75, 3.05) is 5.75 Å². The lowest BCUT2D eigenvalue weighted by Gasteiger charge is -2.22. The zero-order valence-corrected chi connectivity index (χ0v) is 21.7. The van der Waals surface area contributed by atoms with Gasteiger partial charge in [-0.3, -0.25) is 9.35 Å². The Bertz CT molecular complexity index is 608. The van der Waals surface area contributed by atoms with Gasteiger partial charge in [-0.25, -0.2) is 0 Å². The number of hydrogen-bond acceptors (Lipinski definition) is 5. The van der Waals surface area contributed by atoms with Crippen LogP contribution in [-0.4, -0.2) is 53.1 Å². The molecule has 3 atom stereocenters. The van der Waals surface area contributed by atoms with E-state index >= 15 is 0 Å². The van der Waals surface area contributed by atoms with Crippen LogP contribution in [0.3, 0.4) is 0 Å². The molecule has 0 bridgehead atoms. The lowest BCUT2D eigenvalue weighted by atomic mass is 10.0. The summed E-state index contributed by atoms with van der Waals surface area (Å²) in [6.45, 7) is 4.34. The second-order valence-corrected chi connectivity index (χ2v) is 10.6. The molecule has 0 aliphatic heterocycles. The van der Waals surface area contributed by atoms with Crippen LogP contribution in [0.25, 0.3) is 0 Å². The van der Waals surface area contributed by atoms with E-state index in [0.717, 1.165) is 51.4 Å². The third kappa shape index (κ3) is 20.2. The number of hydrogen-bond donors (Lipinski definition) is 4. The minimum Gasteiger partial charge on any atom is -0.387 e. The number of nitrogens with one attached hydrogen (secondary N) is 1. The molecule has 33 heavy (non-hydrogen) atoms. The normalized spacial score (nSPS) is 14.9. The lowest BCUT2D eigenvalue weighted by molar-refractivity contribution is -0.130. The molecular formula is C25H49NO6S. The third-order valence-electron chi connectivity index (χ3n) is 5.82. The maximum Gasteiger partial charge on any atom is 0.267 e. The van der Waals surface area contributed by atoms with Gasteiger partial charge in [-0.05, 0) is 19.3 Å². The van der Waals surface area contributed by atoms with Gasteiger partial charge in [-0.15, -0.1) is 0 Å². The number of aliphatic hydroxyl groups excluding tert-OH is 2. The van der Waals surface area contributed by atoms with Crippen molar-refractivity contribution in [3.8, 4) is 0 Å². The Labute approximate surface area is 202 Å². The van der Waals surface area contributed by atoms with Crippen LogP contribution in [0.2, 0.25) is 0 Å². The second kappa shape index (κ2) is 20.4. The minimum absolute atomic E-state index is 0.282. The van der Waals surface area contributed by atoms with E-state index in [2.05, 4.69) is 19.2 Å². The van der Waals surface area contributed by atoms with Gasteiger partial charge in [0.1, 0.15) is 6.10 Å². The SMILES string of the molecule is CCCCCCC/C=C/C(O)C(CS(=O)(=O)O)NC(=O)C(O)CCCCCCCCCCC. The van der Waals surface area contributed by atoms with Crippen molar-refractivity contribution in [2.24, 2.45) is 0 Å². The van der Waals surface area contributed by atoms with Crippen LogP contribution in [0.5, 0.6) is 0 Å². The monoisotopic (exact) mass is 491 g/mol. The Morgan fingerprint density at radius 3 is 1.82 bits per heavy atom. The number of carbonyl (C=O) groups excluding carboxylic acids is 1. The van der Waals surface area contributed by atoms with Gasteiger partial charge in [0, 0.05) is 0 Å². The molecule has 3 unspecified atom stereocenters. The summed E-state index contributed by atoms with van der Waals surface area (Å²) in [5.74, 6) is -1.54. The summed E-state index contributed by atoms with van der Waals surface area (Å²) in [6.07, 6.45) is 17.4. The van der Waals surface area contributed by atoms with Crippen molar-refractivity contribution in [2.45, 2.75) is 135 Å². The smallest absolute Gasteiger partial charge is 0.267 e. The largest absolute Gasteiger partial charge is 0.387 e. The van der Waals surface area contributed by atoms with Crippen LogP contribution < -0.4 is 5.32 Å². The van der Waals surface area contributed by atoms with Gasteiger partial charge in [-0.1, -0.05) is 109 Å². The van der Waals surface area contributed by atoms with Crippen LogP contribution in [0.4, 0.5) is 0 Å². The van der Waals surface area contributed by atoms with Crippen molar-refractivity contribution in [3.05, 3.63) is 12.2 Å². The first-order chi connectivity index (χ1) is 15.7. The summed E-state index contributed by atoms with van der Waals surface area (Å²) in [7, 11) is -4.41. The number of unbranched alkanes of at least 4 members (excludes halogenated alkanes) is 13. The van der Waals surface area contributed by atoms with Gasteiger partial charge in [0.2, 0.25) is 5.91 Å². The topological polar surface area (TPSA) is 124 Å². The Hall–Kier alpha value is -0.960. The molecular weight excluding hydrogens is 442 g/mol. The van der Waals surface area contributed by atoms with Gasteiger partial charge >= 0.3 is 0 Å². The molecule has 196 valence electrons. The highest BCUT2D eigenvalue weighted by atomic mass is 32.2. The summed E-state index contributed by atoms with van der Waals surface area (Å²) >= 11 is 0. The van der Waals surface area contributed by atoms with Gasteiger partial charge in [0.25, 0.3) is 10.1 Å². The predicted octanol–water partition coefficient (Wildman–Crippen LogP) is 4.92. The molecule has 4 N–H and O–H groups in total. The quantitative estimate of drug-likeness (QED) is 0.0968. The summed E-state index contributed by atoms with van der Waals surface area (Å²) in [6, 6.07) is -1.22. The van der Waals surface area contributed by atoms with E-state index in [4.69, 9.17) is 0 Å². The van der Waals surface area contributed by atoms with E-state index in [1.165, 1.54) is 44.6 Å². The molecule has 0 saturated carbocycles. The Morgan fingerprint density at radius 2 is 1.30 bits per heavy atom. The first kappa shape index (κ1) is 32.0. The first-order valence-electron chi connectivity index (χ1n) is 13.0. The first-order valence-corrected chi connectivity index (χ1v) is 14.6. The Morgan fingerprint density at radius 1 is 0.818 bits per heavy atom. The maximum absolute atomic E-state index is 12.3. The fraction of sp³-hybridized carbons (Fsp3) is 0.880. The molecule has 0 radical (unpaired) electrons. The molecule has 8 heteroatoms. The zero-order chi connectivity index (χ0) is 25.0. The van der Waals surface area contributed by atoms with Crippen LogP contribution in [0.1, 0.15) is 117 Å². The fourth-order valence-corrected chi connectivity index (χ4v) is 4.48. The summed E-state index contributed by atoms with van der Waals surface area (Å²) < 4.78 is 31.9. The van der Waals surface area contributed by atoms with Crippen LogP contribution in [0, 0.1) is 0 Å². The molecule has 0 rings (SSSR count). The van der Waals surface area contributed by atoms with Crippen molar-refractivity contribution in [1.29, 1.82) is 0 Å². The Balaban J connectivity index is 4.38. The third-order valence-corrected chi connectivity index (χ3v) is 6.60.